The molecule has 7 atom stereocenters. The van der Waals surface area contributed by atoms with E-state index in [-0.39, 0.29) is 5.41 Å². The first-order valence-electron chi connectivity index (χ1n) is 24.8. The molecule has 65 heavy (non-hydrogen) atoms. The predicted octanol–water partition coefficient (Wildman–Crippen LogP) is 16.4. The Hall–Kier alpha value is -6.38. The highest BCUT2D eigenvalue weighted by atomic mass is 16.5. The number of para-hydroxylation sites is 4. The Bertz CT molecular complexity index is 3220. The second-order valence-corrected chi connectivity index (χ2v) is 21.1. The molecule has 7 aliphatic rings. The molecule has 6 aliphatic carbocycles. The molecule has 0 N–H and O–H groups in total. The van der Waals surface area contributed by atoms with Crippen molar-refractivity contribution in [2.45, 2.75) is 74.5 Å². The van der Waals surface area contributed by atoms with Crippen LogP contribution in [0.2, 0.25) is 0 Å². The van der Waals surface area contributed by atoms with Crippen LogP contribution in [0.5, 0.6) is 11.5 Å². The minimum absolute atomic E-state index is 0.244. The van der Waals surface area contributed by atoms with Crippen molar-refractivity contribution >= 4 is 27.8 Å². The van der Waals surface area contributed by atoms with Crippen molar-refractivity contribution < 1.29 is 4.74 Å². The molecule has 15 rings (SSSR count). The van der Waals surface area contributed by atoms with Crippen molar-refractivity contribution in [1.82, 2.24) is 0 Å². The lowest BCUT2D eigenvalue weighted by Gasteiger charge is -2.69. The zero-order valence-corrected chi connectivity index (χ0v) is 36.9. The van der Waals surface area contributed by atoms with Gasteiger partial charge in [0.1, 0.15) is 11.5 Å². The van der Waals surface area contributed by atoms with Crippen LogP contribution in [0.3, 0.4) is 0 Å². The van der Waals surface area contributed by atoms with Crippen LogP contribution in [0, 0.1) is 29.6 Å². The average molecular weight is 840 g/mol. The van der Waals surface area contributed by atoms with Gasteiger partial charge in [0, 0.05) is 33.5 Å². The van der Waals surface area contributed by atoms with E-state index < -0.39 is 5.41 Å². The van der Waals surface area contributed by atoms with Gasteiger partial charge in [-0.1, -0.05) is 159 Å². The number of rotatable bonds is 6. The zero-order valence-electron chi connectivity index (χ0n) is 36.9. The maximum absolute atomic E-state index is 6.70. The van der Waals surface area contributed by atoms with Gasteiger partial charge in [0.15, 0.2) is 0 Å². The minimum Gasteiger partial charge on any atom is -0.457 e. The van der Waals surface area contributed by atoms with Gasteiger partial charge >= 0.3 is 0 Å². The summed E-state index contributed by atoms with van der Waals surface area (Å²) in [5.74, 6) is 6.88. The molecule has 8 aromatic rings. The Balaban J connectivity index is 0.969. The van der Waals surface area contributed by atoms with Gasteiger partial charge in [0.25, 0.3) is 0 Å². The molecule has 316 valence electrons. The van der Waals surface area contributed by atoms with Crippen LogP contribution in [0.15, 0.2) is 176 Å². The molecule has 0 radical (unpaired) electrons. The summed E-state index contributed by atoms with van der Waals surface area (Å²) in [5.41, 5.74) is 16.9. The standard InChI is InChI=1S/C63H53NO/c1-2-16-45-44(15-1)46(30-31-47(45)50-35-39-27-28-40(50)34-39)49-18-4-9-23-57(49)64(58-24-10-6-20-54(58)62-33-13-14-41-36-42(38-62)61(41)62)43-29-32-53-51(37-43)48-17-3-5-19-52(48)63(53)55-21-7-11-25-59(55)65-60-26-12-8-22-56(60)63/h1-12,15-26,29-32,37,39-42,50,61H,13-14,27-28,33-36,38H2/t39?,40?,41-,42?,50?,61?,62?/m1/s1. The summed E-state index contributed by atoms with van der Waals surface area (Å²) in [6.07, 6.45) is 12.4. The number of ether oxygens (including phenoxy) is 1. The number of fused-ring (bicyclic) bond motifs is 12. The van der Waals surface area contributed by atoms with Gasteiger partial charge < -0.3 is 9.64 Å². The van der Waals surface area contributed by atoms with Gasteiger partial charge in [-0.2, -0.15) is 0 Å². The molecular formula is C63H53NO. The lowest BCUT2D eigenvalue weighted by atomic mass is 9.35. The van der Waals surface area contributed by atoms with Gasteiger partial charge in [-0.3, -0.25) is 0 Å². The Morgan fingerprint density at radius 3 is 1.91 bits per heavy atom. The van der Waals surface area contributed by atoms with Crippen molar-refractivity contribution in [3.8, 4) is 33.8 Å². The maximum Gasteiger partial charge on any atom is 0.132 e. The first-order chi connectivity index (χ1) is 32.2. The van der Waals surface area contributed by atoms with E-state index in [0.29, 0.717) is 5.92 Å². The largest absolute Gasteiger partial charge is 0.457 e. The minimum atomic E-state index is -0.503. The summed E-state index contributed by atoms with van der Waals surface area (Å²) in [7, 11) is 0. The molecule has 2 bridgehead atoms. The number of hydrogen-bond acceptors (Lipinski definition) is 2. The third kappa shape index (κ3) is 4.91. The monoisotopic (exact) mass is 839 g/mol. The summed E-state index contributed by atoms with van der Waals surface area (Å²) in [6.45, 7) is 0. The van der Waals surface area contributed by atoms with E-state index in [1.54, 1.807) is 11.1 Å². The summed E-state index contributed by atoms with van der Waals surface area (Å²) in [4.78, 5) is 2.69. The zero-order chi connectivity index (χ0) is 42.4. The first-order valence-corrected chi connectivity index (χ1v) is 24.8. The normalized spacial score (nSPS) is 26.5. The number of anilines is 3. The van der Waals surface area contributed by atoms with Crippen LogP contribution in [0.4, 0.5) is 17.1 Å². The van der Waals surface area contributed by atoms with Crippen molar-refractivity contribution in [2.24, 2.45) is 29.6 Å². The molecule has 6 unspecified atom stereocenters. The molecule has 2 nitrogen and oxygen atoms in total. The van der Waals surface area contributed by atoms with E-state index in [4.69, 9.17) is 4.74 Å². The van der Waals surface area contributed by atoms with E-state index in [0.717, 1.165) is 41.1 Å². The fraction of sp³-hybridized carbons (Fsp3) is 0.270. The van der Waals surface area contributed by atoms with Gasteiger partial charge in [-0.15, -0.1) is 0 Å². The van der Waals surface area contributed by atoms with Crippen LogP contribution in [-0.2, 0) is 10.8 Å². The fourth-order valence-corrected chi connectivity index (χ4v) is 16.0. The summed E-state index contributed by atoms with van der Waals surface area (Å²) >= 11 is 0. The third-order valence-corrected chi connectivity index (χ3v) is 18.4. The Kier molecular flexibility index (Phi) is 7.71. The highest BCUT2D eigenvalue weighted by Gasteiger charge is 2.65. The molecular weight excluding hydrogens is 787 g/mol. The molecule has 1 heterocycles. The summed E-state index contributed by atoms with van der Waals surface area (Å²) in [5, 5.41) is 2.82. The van der Waals surface area contributed by atoms with Gasteiger partial charge in [0.2, 0.25) is 0 Å². The number of nitrogens with zero attached hydrogens (tertiary/aromatic N) is 1. The Morgan fingerprint density at radius 1 is 0.462 bits per heavy atom. The second kappa shape index (κ2) is 13.6. The number of benzene rings is 8. The summed E-state index contributed by atoms with van der Waals surface area (Å²) < 4.78 is 6.70. The van der Waals surface area contributed by atoms with Crippen LogP contribution in [0.1, 0.15) is 97.1 Å². The smallest absolute Gasteiger partial charge is 0.132 e. The molecule has 2 heteroatoms. The Labute approximate surface area is 382 Å². The highest BCUT2D eigenvalue weighted by molar-refractivity contribution is 6.03. The van der Waals surface area contributed by atoms with Gasteiger partial charge in [0.05, 0.1) is 11.1 Å². The Morgan fingerprint density at radius 2 is 1.14 bits per heavy atom. The fourth-order valence-electron chi connectivity index (χ4n) is 16.0. The van der Waals surface area contributed by atoms with E-state index in [1.165, 1.54) is 130 Å². The average Bonchev–Trinajstić information content (AvgIpc) is 4.06. The van der Waals surface area contributed by atoms with E-state index in [9.17, 15) is 0 Å². The van der Waals surface area contributed by atoms with Crippen LogP contribution < -0.4 is 9.64 Å². The van der Waals surface area contributed by atoms with E-state index in [2.05, 4.69) is 181 Å². The van der Waals surface area contributed by atoms with Crippen molar-refractivity contribution in [1.29, 1.82) is 0 Å². The van der Waals surface area contributed by atoms with Crippen LogP contribution in [-0.4, -0.2) is 0 Å². The maximum atomic E-state index is 6.70. The molecule has 5 saturated carbocycles. The summed E-state index contributed by atoms with van der Waals surface area (Å²) in [6, 6.07) is 67.4. The molecule has 0 aromatic heterocycles. The quantitative estimate of drug-likeness (QED) is 0.165. The molecule has 0 amide bonds. The van der Waals surface area contributed by atoms with E-state index in [1.807, 2.05) is 0 Å². The SMILES string of the molecule is c1ccc2c(c1)Oc1ccccc1C21c2ccccc2-c2cc(N(c3ccccc3-c3ccc(C4CC5CCC4C5)c4ccccc34)c3ccccc3C34CCC[C@@H]5CC(C3)C54)ccc21. The topological polar surface area (TPSA) is 12.5 Å². The predicted molar refractivity (Wildman–Crippen MR) is 265 cm³/mol. The van der Waals surface area contributed by atoms with Crippen LogP contribution >= 0.6 is 0 Å². The van der Waals surface area contributed by atoms with Crippen molar-refractivity contribution in [2.75, 3.05) is 4.90 Å². The number of hydrogen-bond donors (Lipinski definition) is 0. The molecule has 0 saturated heterocycles. The van der Waals surface area contributed by atoms with Gasteiger partial charge in [-0.05, 0) is 160 Å². The van der Waals surface area contributed by atoms with Gasteiger partial charge in [-0.25, -0.2) is 0 Å². The van der Waals surface area contributed by atoms with Crippen molar-refractivity contribution in [3.05, 3.63) is 209 Å². The second-order valence-electron chi connectivity index (χ2n) is 21.1. The lowest BCUT2D eigenvalue weighted by molar-refractivity contribution is -0.145. The lowest BCUT2D eigenvalue weighted by Crippen LogP contribution is -2.63. The van der Waals surface area contributed by atoms with E-state index >= 15 is 0 Å². The molecule has 1 aliphatic heterocycles. The molecule has 8 aromatic carbocycles. The van der Waals surface area contributed by atoms with Crippen LogP contribution in [0.25, 0.3) is 33.0 Å². The molecule has 1 spiro atoms. The highest BCUT2D eigenvalue weighted by Crippen LogP contribution is 2.72. The van der Waals surface area contributed by atoms with Crippen molar-refractivity contribution in [3.63, 3.8) is 0 Å². The first kappa shape index (κ1) is 36.9. The molecule has 5 fully saturated rings. The third-order valence-electron chi connectivity index (χ3n) is 18.4.